The molecule has 5 nitrogen and oxygen atoms in total. The van der Waals surface area contributed by atoms with Crippen molar-refractivity contribution in [2.75, 3.05) is 0 Å². The Hall–Kier alpha value is -2.82. The smallest absolute Gasteiger partial charge is 0.273 e. The highest BCUT2D eigenvalue weighted by molar-refractivity contribution is 6.06. The normalized spacial score (nSPS) is 15.9. The predicted octanol–water partition coefficient (Wildman–Crippen LogP) is 3.00. The van der Waals surface area contributed by atoms with Crippen LogP contribution < -0.4 is 0 Å². The summed E-state index contributed by atoms with van der Waals surface area (Å²) in [5.74, 6) is -0.345. The van der Waals surface area contributed by atoms with E-state index in [4.69, 9.17) is 9.47 Å². The summed E-state index contributed by atoms with van der Waals surface area (Å²) in [6, 6.07) is 7.19. The average molecular weight is 282 g/mol. The van der Waals surface area contributed by atoms with Crippen LogP contribution in [0.2, 0.25) is 0 Å². The number of aromatic nitrogens is 2. The molecule has 3 rings (SSSR count). The van der Waals surface area contributed by atoms with Gasteiger partial charge in [-0.1, -0.05) is 18.2 Å². The van der Waals surface area contributed by atoms with Crippen molar-refractivity contribution in [1.29, 1.82) is 0 Å². The zero-order chi connectivity index (χ0) is 14.7. The van der Waals surface area contributed by atoms with Gasteiger partial charge >= 0.3 is 0 Å². The summed E-state index contributed by atoms with van der Waals surface area (Å²) in [5.41, 5.74) is 1.35. The molecule has 1 aliphatic heterocycles. The van der Waals surface area contributed by atoms with Gasteiger partial charge in [0.25, 0.3) is 5.79 Å². The minimum atomic E-state index is -0.874. The standard InChI is InChI=1S/C16H14N2O3/c1-16(20-9-10-21-16)13-4-2-3-12(11-13)14(19)5-6-15-17-7-8-18-15/h2-11H,1H3,(H,17,18)/b6-5+. The average Bonchev–Trinajstić information content (AvgIpc) is 3.17. The van der Waals surface area contributed by atoms with E-state index in [0.29, 0.717) is 11.4 Å². The summed E-state index contributed by atoms with van der Waals surface area (Å²) in [7, 11) is 0. The Labute approximate surface area is 121 Å². The molecule has 5 heteroatoms. The van der Waals surface area contributed by atoms with Crippen LogP contribution in [0.25, 0.3) is 6.08 Å². The van der Waals surface area contributed by atoms with Crippen molar-refractivity contribution < 1.29 is 14.3 Å². The van der Waals surface area contributed by atoms with E-state index < -0.39 is 5.79 Å². The van der Waals surface area contributed by atoms with Crippen LogP contribution in [-0.4, -0.2) is 15.8 Å². The summed E-state index contributed by atoms with van der Waals surface area (Å²) >= 11 is 0. The summed E-state index contributed by atoms with van der Waals surface area (Å²) < 4.78 is 10.9. The highest BCUT2D eigenvalue weighted by atomic mass is 16.7. The highest BCUT2D eigenvalue weighted by Crippen LogP contribution is 2.31. The number of ether oxygens (including phenoxy) is 2. The van der Waals surface area contributed by atoms with Crippen molar-refractivity contribution in [1.82, 2.24) is 9.97 Å². The number of aromatic amines is 1. The van der Waals surface area contributed by atoms with Crippen LogP contribution >= 0.6 is 0 Å². The van der Waals surface area contributed by atoms with Crippen molar-refractivity contribution >= 4 is 11.9 Å². The molecule has 106 valence electrons. The fourth-order valence-electron chi connectivity index (χ4n) is 2.05. The molecule has 2 aromatic rings. The maximum absolute atomic E-state index is 12.2. The van der Waals surface area contributed by atoms with Crippen LogP contribution in [0.1, 0.15) is 28.7 Å². The van der Waals surface area contributed by atoms with Crippen molar-refractivity contribution in [2.45, 2.75) is 12.7 Å². The van der Waals surface area contributed by atoms with E-state index in [1.165, 1.54) is 18.6 Å². The summed E-state index contributed by atoms with van der Waals surface area (Å²) in [6.45, 7) is 1.80. The molecule has 1 N–H and O–H groups in total. The van der Waals surface area contributed by atoms with Crippen molar-refractivity contribution in [3.05, 3.63) is 72.2 Å². The first-order valence-electron chi connectivity index (χ1n) is 6.50. The number of nitrogens with one attached hydrogen (secondary N) is 1. The number of hydrogen-bond acceptors (Lipinski definition) is 4. The second-order valence-electron chi connectivity index (χ2n) is 4.71. The molecule has 0 radical (unpaired) electrons. The Kier molecular flexibility index (Phi) is 3.31. The van der Waals surface area contributed by atoms with Gasteiger partial charge in [0.1, 0.15) is 18.3 Å². The van der Waals surface area contributed by atoms with Gasteiger partial charge in [0.2, 0.25) is 0 Å². The molecule has 0 saturated heterocycles. The summed E-state index contributed by atoms with van der Waals surface area (Å²) in [5, 5.41) is 0. The van der Waals surface area contributed by atoms with E-state index >= 15 is 0 Å². The lowest BCUT2D eigenvalue weighted by molar-refractivity contribution is -0.133. The summed E-state index contributed by atoms with van der Waals surface area (Å²) in [6.07, 6.45) is 9.44. The number of benzene rings is 1. The Morgan fingerprint density at radius 1 is 1.33 bits per heavy atom. The van der Waals surface area contributed by atoms with Gasteiger partial charge in [0.05, 0.1) is 0 Å². The lowest BCUT2D eigenvalue weighted by Crippen LogP contribution is -2.22. The molecule has 0 spiro atoms. The Balaban J connectivity index is 1.81. The molecule has 1 aromatic heterocycles. The van der Waals surface area contributed by atoms with Crippen LogP contribution in [0.3, 0.4) is 0 Å². The molecule has 1 aliphatic rings. The fourth-order valence-corrected chi connectivity index (χ4v) is 2.05. The molecular weight excluding hydrogens is 268 g/mol. The number of imidazole rings is 1. The third-order valence-corrected chi connectivity index (χ3v) is 3.22. The molecule has 21 heavy (non-hydrogen) atoms. The number of rotatable bonds is 4. The van der Waals surface area contributed by atoms with Gasteiger partial charge in [-0.05, 0) is 18.2 Å². The van der Waals surface area contributed by atoms with E-state index in [1.54, 1.807) is 43.6 Å². The first-order chi connectivity index (χ1) is 10.2. The van der Waals surface area contributed by atoms with Crippen LogP contribution in [0.4, 0.5) is 0 Å². The molecule has 0 unspecified atom stereocenters. The van der Waals surface area contributed by atoms with Crippen molar-refractivity contribution in [2.24, 2.45) is 0 Å². The Morgan fingerprint density at radius 2 is 2.14 bits per heavy atom. The van der Waals surface area contributed by atoms with Crippen LogP contribution in [-0.2, 0) is 15.3 Å². The second-order valence-corrected chi connectivity index (χ2v) is 4.71. The zero-order valence-corrected chi connectivity index (χ0v) is 11.4. The minimum Gasteiger partial charge on any atom is -0.453 e. The lowest BCUT2D eigenvalue weighted by Gasteiger charge is -2.23. The lowest BCUT2D eigenvalue weighted by atomic mass is 10.0. The molecule has 0 bridgehead atoms. The van der Waals surface area contributed by atoms with E-state index in [2.05, 4.69) is 9.97 Å². The first kappa shape index (κ1) is 13.2. The summed E-state index contributed by atoms with van der Waals surface area (Å²) in [4.78, 5) is 19.1. The number of ketones is 1. The molecule has 0 atom stereocenters. The molecule has 2 heterocycles. The Morgan fingerprint density at radius 3 is 2.86 bits per heavy atom. The van der Waals surface area contributed by atoms with E-state index in [-0.39, 0.29) is 5.78 Å². The van der Waals surface area contributed by atoms with Crippen LogP contribution in [0.5, 0.6) is 0 Å². The van der Waals surface area contributed by atoms with Gasteiger partial charge in [-0.2, -0.15) is 0 Å². The quantitative estimate of drug-likeness (QED) is 0.691. The molecular formula is C16H14N2O3. The number of nitrogens with zero attached hydrogens (tertiary/aromatic N) is 1. The minimum absolute atomic E-state index is 0.109. The largest absolute Gasteiger partial charge is 0.453 e. The number of allylic oxidation sites excluding steroid dienone is 1. The topological polar surface area (TPSA) is 64.2 Å². The third-order valence-electron chi connectivity index (χ3n) is 3.22. The first-order valence-corrected chi connectivity index (χ1v) is 6.50. The van der Waals surface area contributed by atoms with E-state index in [1.807, 2.05) is 6.07 Å². The molecule has 1 aromatic carbocycles. The van der Waals surface area contributed by atoms with Crippen LogP contribution in [0.15, 0.2) is 55.3 Å². The Bertz CT molecular complexity index is 694. The van der Waals surface area contributed by atoms with Crippen molar-refractivity contribution in [3.8, 4) is 0 Å². The number of hydrogen-bond donors (Lipinski definition) is 1. The molecule has 0 fully saturated rings. The fraction of sp³-hybridized carbons (Fsp3) is 0.125. The SMILES string of the molecule is CC1(c2cccc(C(=O)/C=C/c3ncc[nH]3)c2)OC=CO1. The number of carbonyl (C=O) groups is 1. The molecule has 0 amide bonds. The van der Waals surface area contributed by atoms with Gasteiger partial charge in [-0.3, -0.25) is 4.79 Å². The number of carbonyl (C=O) groups excluding carboxylic acids is 1. The second kappa shape index (κ2) is 5.28. The molecule has 0 saturated carbocycles. The van der Waals surface area contributed by atoms with Crippen LogP contribution in [0, 0.1) is 0 Å². The molecule has 0 aliphatic carbocycles. The zero-order valence-electron chi connectivity index (χ0n) is 11.4. The predicted molar refractivity (Wildman–Crippen MR) is 77.1 cm³/mol. The van der Waals surface area contributed by atoms with E-state index in [0.717, 1.165) is 5.56 Å². The maximum Gasteiger partial charge on any atom is 0.273 e. The van der Waals surface area contributed by atoms with E-state index in [9.17, 15) is 4.79 Å². The maximum atomic E-state index is 12.2. The third kappa shape index (κ3) is 2.72. The van der Waals surface area contributed by atoms with Gasteiger partial charge in [0, 0.05) is 30.4 Å². The van der Waals surface area contributed by atoms with Gasteiger partial charge < -0.3 is 14.5 Å². The van der Waals surface area contributed by atoms with Gasteiger partial charge in [-0.25, -0.2) is 4.98 Å². The van der Waals surface area contributed by atoms with Gasteiger partial charge in [0.15, 0.2) is 5.78 Å². The highest BCUT2D eigenvalue weighted by Gasteiger charge is 2.32. The van der Waals surface area contributed by atoms with Gasteiger partial charge in [-0.15, -0.1) is 0 Å². The van der Waals surface area contributed by atoms with Crippen molar-refractivity contribution in [3.63, 3.8) is 0 Å². The number of H-pyrrole nitrogens is 1. The monoisotopic (exact) mass is 282 g/mol.